The molecule has 2 rings (SSSR count). The van der Waals surface area contributed by atoms with E-state index in [1.54, 1.807) is 0 Å². The molecule has 0 aromatic heterocycles. The number of aromatic hydroxyl groups is 2. The molecule has 2 nitrogen and oxygen atoms in total. The summed E-state index contributed by atoms with van der Waals surface area (Å²) in [5, 5.41) is 23.2. The summed E-state index contributed by atoms with van der Waals surface area (Å²) < 4.78 is 0. The molecular weight excluding hydrogens is 440 g/mol. The smallest absolute Gasteiger partial charge is 0.127 e. The molecule has 0 aliphatic rings. The van der Waals surface area contributed by atoms with Gasteiger partial charge in [0, 0.05) is 22.3 Å². The van der Waals surface area contributed by atoms with E-state index in [9.17, 15) is 10.2 Å². The molecule has 0 radical (unpaired) electrons. The van der Waals surface area contributed by atoms with Crippen LogP contribution >= 0.6 is 0 Å². The molecule has 2 N–H and O–H groups in total. The standard InChI is InChI=1S/C34H54O2/c1-11-13-15-17-23(3)25-19-27(31(35)29(21-25)33(5,6)7)28-20-26(24(4)18-16-14-12-2)22-30(32(28)36)34(8,9)10/h19-24,35-36H,11-18H2,1-10H3. The van der Waals surface area contributed by atoms with E-state index in [1.807, 2.05) is 0 Å². The molecule has 2 atom stereocenters. The molecule has 2 unspecified atom stereocenters. The minimum absolute atomic E-state index is 0.203. The van der Waals surface area contributed by atoms with Crippen molar-refractivity contribution in [3.63, 3.8) is 0 Å². The van der Waals surface area contributed by atoms with Crippen molar-refractivity contribution in [1.82, 2.24) is 0 Å². The Kier molecular flexibility index (Phi) is 10.5. The van der Waals surface area contributed by atoms with Gasteiger partial charge < -0.3 is 10.2 Å². The lowest BCUT2D eigenvalue weighted by molar-refractivity contribution is 0.439. The normalized spacial score (nSPS) is 14.2. The summed E-state index contributed by atoms with van der Waals surface area (Å²) in [6.45, 7) is 22.0. The van der Waals surface area contributed by atoms with Crippen molar-refractivity contribution in [3.8, 4) is 22.6 Å². The van der Waals surface area contributed by atoms with Gasteiger partial charge in [-0.1, -0.05) is 120 Å². The van der Waals surface area contributed by atoms with Gasteiger partial charge in [-0.15, -0.1) is 0 Å². The number of unbranched alkanes of at least 4 members (excludes halogenated alkanes) is 4. The highest BCUT2D eigenvalue weighted by Crippen LogP contribution is 2.47. The molecule has 0 saturated heterocycles. The van der Waals surface area contributed by atoms with Gasteiger partial charge in [0.1, 0.15) is 11.5 Å². The summed E-state index contributed by atoms with van der Waals surface area (Å²) in [5.74, 6) is 1.41. The molecule has 2 aromatic rings. The van der Waals surface area contributed by atoms with Gasteiger partial charge in [0.05, 0.1) is 0 Å². The van der Waals surface area contributed by atoms with Gasteiger partial charge >= 0.3 is 0 Å². The Bertz CT molecular complexity index is 906. The van der Waals surface area contributed by atoms with Crippen LogP contribution in [0.2, 0.25) is 0 Å². The van der Waals surface area contributed by atoms with Gasteiger partial charge in [0.25, 0.3) is 0 Å². The third-order valence-corrected chi connectivity index (χ3v) is 7.79. The quantitative estimate of drug-likeness (QED) is 0.305. The lowest BCUT2D eigenvalue weighted by Gasteiger charge is -2.28. The summed E-state index contributed by atoms with van der Waals surface area (Å²) in [4.78, 5) is 0. The fourth-order valence-corrected chi connectivity index (χ4v) is 5.17. The first-order chi connectivity index (χ1) is 16.7. The Hall–Kier alpha value is -1.96. The second-order valence-electron chi connectivity index (χ2n) is 13.2. The summed E-state index contributed by atoms with van der Waals surface area (Å²) in [7, 11) is 0. The van der Waals surface area contributed by atoms with Crippen molar-refractivity contribution < 1.29 is 10.2 Å². The average molecular weight is 495 g/mol. The van der Waals surface area contributed by atoms with Crippen molar-refractivity contribution in [2.24, 2.45) is 0 Å². The van der Waals surface area contributed by atoms with Crippen LogP contribution < -0.4 is 0 Å². The molecule has 2 aromatic carbocycles. The van der Waals surface area contributed by atoms with Gasteiger partial charge in [0.15, 0.2) is 0 Å². The summed E-state index contributed by atoms with van der Waals surface area (Å²) >= 11 is 0. The van der Waals surface area contributed by atoms with E-state index < -0.39 is 0 Å². The fraction of sp³-hybridized carbons (Fsp3) is 0.647. The number of hydrogen-bond donors (Lipinski definition) is 2. The number of hydrogen-bond acceptors (Lipinski definition) is 2. The van der Waals surface area contributed by atoms with E-state index in [2.05, 4.69) is 93.5 Å². The highest BCUT2D eigenvalue weighted by atomic mass is 16.3. The molecular formula is C34H54O2. The highest BCUT2D eigenvalue weighted by Gasteiger charge is 2.28. The first-order valence-corrected chi connectivity index (χ1v) is 14.5. The van der Waals surface area contributed by atoms with Crippen LogP contribution in [0.4, 0.5) is 0 Å². The average Bonchev–Trinajstić information content (AvgIpc) is 2.78. The predicted molar refractivity (Wildman–Crippen MR) is 158 cm³/mol. The third-order valence-electron chi connectivity index (χ3n) is 7.79. The van der Waals surface area contributed by atoms with E-state index in [0.717, 1.165) is 35.1 Å². The summed E-state index contributed by atoms with van der Waals surface area (Å²) in [5.41, 5.74) is 5.54. The molecule has 0 aliphatic carbocycles. The third kappa shape index (κ3) is 7.53. The lowest BCUT2D eigenvalue weighted by Crippen LogP contribution is -2.14. The molecule has 0 aliphatic heterocycles. The Morgan fingerprint density at radius 3 is 1.19 bits per heavy atom. The molecule has 202 valence electrons. The van der Waals surface area contributed by atoms with Crippen molar-refractivity contribution >= 4 is 0 Å². The molecule has 36 heavy (non-hydrogen) atoms. The summed E-state index contributed by atoms with van der Waals surface area (Å²) in [6, 6.07) is 8.70. The Labute approximate surface area is 222 Å². The van der Waals surface area contributed by atoms with Crippen LogP contribution in [-0.4, -0.2) is 10.2 Å². The zero-order valence-electron chi connectivity index (χ0n) is 25.0. The molecule has 0 fully saturated rings. The van der Waals surface area contributed by atoms with Gasteiger partial charge in [-0.05, 0) is 58.8 Å². The zero-order valence-corrected chi connectivity index (χ0v) is 25.0. The molecule has 0 spiro atoms. The second kappa shape index (κ2) is 12.5. The van der Waals surface area contributed by atoms with Gasteiger partial charge in [-0.3, -0.25) is 0 Å². The van der Waals surface area contributed by atoms with Crippen LogP contribution in [-0.2, 0) is 10.8 Å². The van der Waals surface area contributed by atoms with Crippen molar-refractivity contribution in [1.29, 1.82) is 0 Å². The van der Waals surface area contributed by atoms with E-state index in [4.69, 9.17) is 0 Å². The van der Waals surface area contributed by atoms with Crippen LogP contribution in [0.25, 0.3) is 11.1 Å². The topological polar surface area (TPSA) is 40.5 Å². The van der Waals surface area contributed by atoms with Crippen LogP contribution in [0.15, 0.2) is 24.3 Å². The highest BCUT2D eigenvalue weighted by molar-refractivity contribution is 5.80. The van der Waals surface area contributed by atoms with Crippen LogP contribution in [0.1, 0.15) is 155 Å². The van der Waals surface area contributed by atoms with Crippen molar-refractivity contribution in [2.45, 2.75) is 143 Å². The molecule has 2 heteroatoms. The second-order valence-corrected chi connectivity index (χ2v) is 13.2. The maximum Gasteiger partial charge on any atom is 0.127 e. The maximum atomic E-state index is 11.6. The number of phenols is 2. The number of phenolic OH excluding ortho intramolecular Hbond substituents is 2. The van der Waals surface area contributed by atoms with Crippen molar-refractivity contribution in [2.75, 3.05) is 0 Å². The van der Waals surface area contributed by atoms with Crippen LogP contribution in [0.3, 0.4) is 0 Å². The Morgan fingerprint density at radius 2 is 0.917 bits per heavy atom. The SMILES string of the molecule is CCCCCC(C)c1cc(-c2cc(C(C)CCCCC)cc(C(C)(C)C)c2O)c(O)c(C(C)(C)C)c1. The lowest BCUT2D eigenvalue weighted by atomic mass is 9.78. The Morgan fingerprint density at radius 1 is 0.583 bits per heavy atom. The molecule has 0 saturated carbocycles. The maximum absolute atomic E-state index is 11.6. The first kappa shape index (κ1) is 30.3. The molecule has 0 amide bonds. The van der Waals surface area contributed by atoms with Gasteiger partial charge in [-0.2, -0.15) is 0 Å². The first-order valence-electron chi connectivity index (χ1n) is 14.5. The van der Waals surface area contributed by atoms with Gasteiger partial charge in [-0.25, -0.2) is 0 Å². The van der Waals surface area contributed by atoms with Gasteiger partial charge in [0.2, 0.25) is 0 Å². The monoisotopic (exact) mass is 494 g/mol. The minimum Gasteiger partial charge on any atom is -0.507 e. The van der Waals surface area contributed by atoms with Crippen LogP contribution in [0, 0.1) is 0 Å². The Balaban J connectivity index is 2.76. The number of benzene rings is 2. The fourth-order valence-electron chi connectivity index (χ4n) is 5.17. The largest absolute Gasteiger partial charge is 0.507 e. The van der Waals surface area contributed by atoms with Crippen LogP contribution in [0.5, 0.6) is 11.5 Å². The summed E-state index contributed by atoms with van der Waals surface area (Å²) in [6.07, 6.45) is 9.61. The van der Waals surface area contributed by atoms with Crippen molar-refractivity contribution in [3.05, 3.63) is 46.5 Å². The molecule has 0 bridgehead atoms. The van der Waals surface area contributed by atoms with E-state index in [1.165, 1.54) is 49.7 Å². The van der Waals surface area contributed by atoms with E-state index in [0.29, 0.717) is 23.3 Å². The van der Waals surface area contributed by atoms with E-state index >= 15 is 0 Å². The number of rotatable bonds is 11. The predicted octanol–water partition coefficient (Wildman–Crippen LogP) is 10.7. The van der Waals surface area contributed by atoms with E-state index in [-0.39, 0.29) is 10.8 Å². The molecule has 0 heterocycles. The zero-order chi connectivity index (χ0) is 27.3. The minimum atomic E-state index is -0.203.